The summed E-state index contributed by atoms with van der Waals surface area (Å²) >= 11 is 0. The lowest BCUT2D eigenvalue weighted by Gasteiger charge is -2.27. The molecule has 4 nitrogen and oxygen atoms in total. The number of hydrogen-bond acceptors (Lipinski definition) is 3. The molecule has 1 fully saturated rings. The van der Waals surface area contributed by atoms with E-state index in [-0.39, 0.29) is 18.1 Å². The van der Waals surface area contributed by atoms with E-state index in [9.17, 15) is 4.79 Å². The minimum Gasteiger partial charge on any atom is -0.384 e. The van der Waals surface area contributed by atoms with Gasteiger partial charge in [0.25, 0.3) is 5.91 Å². The van der Waals surface area contributed by atoms with E-state index in [1.165, 1.54) is 0 Å². The minimum atomic E-state index is 0.0657. The minimum absolute atomic E-state index is 0.0657. The van der Waals surface area contributed by atoms with Crippen LogP contribution in [0.4, 0.5) is 5.69 Å². The van der Waals surface area contributed by atoms with Crippen molar-refractivity contribution in [2.24, 2.45) is 0 Å². The van der Waals surface area contributed by atoms with E-state index < -0.39 is 0 Å². The molecule has 1 aliphatic heterocycles. The second-order valence-electron chi connectivity index (χ2n) is 5.82. The Morgan fingerprint density at radius 2 is 2.24 bits per heavy atom. The van der Waals surface area contributed by atoms with Crippen LogP contribution in [0.5, 0.6) is 0 Å². The van der Waals surface area contributed by atoms with Crippen molar-refractivity contribution in [3.8, 4) is 0 Å². The number of carbonyl (C=O) groups excluding carboxylic acids is 1. The van der Waals surface area contributed by atoms with Crippen LogP contribution < -0.4 is 5.32 Å². The van der Waals surface area contributed by atoms with Crippen LogP contribution in [0.2, 0.25) is 0 Å². The molecule has 0 saturated carbocycles. The maximum Gasteiger partial charge on any atom is 0.256 e. The van der Waals surface area contributed by atoms with Crippen LogP contribution in [0.1, 0.15) is 42.6 Å². The summed E-state index contributed by atoms with van der Waals surface area (Å²) in [6, 6.07) is 6.13. The standard InChI is InChI=1S/C17H26N2O2/c1-5-9-18-15-11-12(2)6-7-14(15)17(20)19(4)16-8-10-21-13(16)3/h6-7,11,13,16,18H,5,8-10H2,1-4H3. The van der Waals surface area contributed by atoms with E-state index in [1.807, 2.05) is 44.0 Å². The molecule has 4 heteroatoms. The van der Waals surface area contributed by atoms with Gasteiger partial charge >= 0.3 is 0 Å². The van der Waals surface area contributed by atoms with Crippen LogP contribution in [-0.4, -0.2) is 43.2 Å². The Morgan fingerprint density at radius 3 is 2.86 bits per heavy atom. The lowest BCUT2D eigenvalue weighted by atomic mass is 10.1. The molecular weight excluding hydrogens is 264 g/mol. The Balaban J connectivity index is 2.21. The Kier molecular flexibility index (Phi) is 5.23. The van der Waals surface area contributed by atoms with Crippen LogP contribution >= 0.6 is 0 Å². The second-order valence-corrected chi connectivity index (χ2v) is 5.82. The highest BCUT2D eigenvalue weighted by Crippen LogP contribution is 2.24. The zero-order valence-corrected chi connectivity index (χ0v) is 13.5. The molecule has 116 valence electrons. The highest BCUT2D eigenvalue weighted by molar-refractivity contribution is 5.99. The van der Waals surface area contributed by atoms with Crippen molar-refractivity contribution < 1.29 is 9.53 Å². The molecular formula is C17H26N2O2. The first-order valence-corrected chi connectivity index (χ1v) is 7.78. The van der Waals surface area contributed by atoms with E-state index in [2.05, 4.69) is 12.2 Å². The summed E-state index contributed by atoms with van der Waals surface area (Å²) in [5.74, 6) is 0.0657. The molecule has 1 aliphatic rings. The number of rotatable bonds is 5. The van der Waals surface area contributed by atoms with Gasteiger partial charge in [0.1, 0.15) is 0 Å². The zero-order chi connectivity index (χ0) is 15.4. The molecule has 2 unspecified atom stereocenters. The molecule has 1 amide bonds. The molecule has 0 aromatic heterocycles. The van der Waals surface area contributed by atoms with Crippen molar-refractivity contribution in [2.45, 2.75) is 45.8 Å². The summed E-state index contributed by atoms with van der Waals surface area (Å²) < 4.78 is 5.58. The first-order chi connectivity index (χ1) is 10.0. The zero-order valence-electron chi connectivity index (χ0n) is 13.5. The van der Waals surface area contributed by atoms with E-state index >= 15 is 0 Å². The molecule has 2 rings (SSSR count). The Morgan fingerprint density at radius 1 is 1.48 bits per heavy atom. The fourth-order valence-electron chi connectivity index (χ4n) is 2.82. The molecule has 0 aliphatic carbocycles. The number of amides is 1. The van der Waals surface area contributed by atoms with Crippen LogP contribution in [0, 0.1) is 6.92 Å². The summed E-state index contributed by atoms with van der Waals surface area (Å²) in [6.07, 6.45) is 2.05. The van der Waals surface area contributed by atoms with E-state index in [4.69, 9.17) is 4.74 Å². The molecule has 0 radical (unpaired) electrons. The van der Waals surface area contributed by atoms with Crippen molar-refractivity contribution in [3.05, 3.63) is 29.3 Å². The fourth-order valence-corrected chi connectivity index (χ4v) is 2.82. The topological polar surface area (TPSA) is 41.6 Å². The predicted octanol–water partition coefficient (Wildman–Crippen LogP) is 3.07. The number of aryl methyl sites for hydroxylation is 1. The average Bonchev–Trinajstić information content (AvgIpc) is 2.90. The Hall–Kier alpha value is -1.55. The highest BCUT2D eigenvalue weighted by atomic mass is 16.5. The number of benzene rings is 1. The van der Waals surface area contributed by atoms with Crippen LogP contribution in [-0.2, 0) is 4.74 Å². The average molecular weight is 290 g/mol. The van der Waals surface area contributed by atoms with E-state index in [1.54, 1.807) is 0 Å². The van der Waals surface area contributed by atoms with Crippen LogP contribution in [0.15, 0.2) is 18.2 Å². The number of nitrogens with one attached hydrogen (secondary N) is 1. The number of nitrogens with zero attached hydrogens (tertiary/aromatic N) is 1. The smallest absolute Gasteiger partial charge is 0.256 e. The van der Waals surface area contributed by atoms with Gasteiger partial charge in [0.15, 0.2) is 0 Å². The number of carbonyl (C=O) groups is 1. The Bertz CT molecular complexity index is 502. The Labute approximate surface area is 127 Å². The van der Waals surface area contributed by atoms with Gasteiger partial charge in [-0.1, -0.05) is 13.0 Å². The molecule has 1 saturated heterocycles. The van der Waals surface area contributed by atoms with Gasteiger partial charge in [-0.3, -0.25) is 4.79 Å². The monoisotopic (exact) mass is 290 g/mol. The molecule has 0 spiro atoms. The number of ether oxygens (including phenoxy) is 1. The predicted molar refractivity (Wildman–Crippen MR) is 85.9 cm³/mol. The number of hydrogen-bond donors (Lipinski definition) is 1. The molecule has 2 atom stereocenters. The SMILES string of the molecule is CCCNc1cc(C)ccc1C(=O)N(C)C1CCOC1C. The van der Waals surface area contributed by atoms with Gasteiger partial charge in [0, 0.05) is 25.9 Å². The van der Waals surface area contributed by atoms with Gasteiger partial charge in [-0.2, -0.15) is 0 Å². The van der Waals surface area contributed by atoms with Crippen molar-refractivity contribution in [2.75, 3.05) is 25.5 Å². The van der Waals surface area contributed by atoms with Gasteiger partial charge < -0.3 is 15.0 Å². The second kappa shape index (κ2) is 6.94. The summed E-state index contributed by atoms with van der Waals surface area (Å²) in [4.78, 5) is 14.6. The third kappa shape index (κ3) is 3.56. The van der Waals surface area contributed by atoms with Gasteiger partial charge in [-0.05, 0) is 44.4 Å². The number of likely N-dealkylation sites (N-methyl/N-ethyl adjacent to an activating group) is 1. The third-order valence-electron chi connectivity index (χ3n) is 4.12. The van der Waals surface area contributed by atoms with E-state index in [0.29, 0.717) is 0 Å². The summed E-state index contributed by atoms with van der Waals surface area (Å²) in [5, 5.41) is 3.36. The quantitative estimate of drug-likeness (QED) is 0.906. The molecule has 1 aromatic rings. The van der Waals surface area contributed by atoms with Gasteiger partial charge in [0.05, 0.1) is 17.7 Å². The van der Waals surface area contributed by atoms with Gasteiger partial charge in [0.2, 0.25) is 0 Å². The van der Waals surface area contributed by atoms with E-state index in [0.717, 1.165) is 42.8 Å². The van der Waals surface area contributed by atoms with Crippen molar-refractivity contribution in [3.63, 3.8) is 0 Å². The van der Waals surface area contributed by atoms with Gasteiger partial charge in [-0.15, -0.1) is 0 Å². The molecule has 21 heavy (non-hydrogen) atoms. The third-order valence-corrected chi connectivity index (χ3v) is 4.12. The summed E-state index contributed by atoms with van der Waals surface area (Å²) in [6.45, 7) is 7.80. The van der Waals surface area contributed by atoms with Crippen molar-refractivity contribution >= 4 is 11.6 Å². The maximum atomic E-state index is 12.8. The first-order valence-electron chi connectivity index (χ1n) is 7.78. The first kappa shape index (κ1) is 15.8. The normalized spacial score (nSPS) is 21.3. The number of anilines is 1. The highest BCUT2D eigenvalue weighted by Gasteiger charge is 2.31. The largest absolute Gasteiger partial charge is 0.384 e. The molecule has 0 bridgehead atoms. The summed E-state index contributed by atoms with van der Waals surface area (Å²) in [5.41, 5.74) is 2.83. The molecule has 1 aromatic carbocycles. The fraction of sp³-hybridized carbons (Fsp3) is 0.588. The molecule has 1 heterocycles. The van der Waals surface area contributed by atoms with Crippen molar-refractivity contribution in [1.29, 1.82) is 0 Å². The van der Waals surface area contributed by atoms with Crippen LogP contribution in [0.3, 0.4) is 0 Å². The maximum absolute atomic E-state index is 12.8. The van der Waals surface area contributed by atoms with Crippen LogP contribution in [0.25, 0.3) is 0 Å². The lowest BCUT2D eigenvalue weighted by Crippen LogP contribution is -2.41. The van der Waals surface area contributed by atoms with Crippen molar-refractivity contribution in [1.82, 2.24) is 4.90 Å². The van der Waals surface area contributed by atoms with Gasteiger partial charge in [-0.25, -0.2) is 0 Å². The summed E-state index contributed by atoms with van der Waals surface area (Å²) in [7, 11) is 1.88. The lowest BCUT2D eigenvalue weighted by molar-refractivity contribution is 0.0575. The molecule has 1 N–H and O–H groups in total.